The van der Waals surface area contributed by atoms with E-state index in [1.165, 1.54) is 22.3 Å². The van der Waals surface area contributed by atoms with Gasteiger partial charge in [0.05, 0.1) is 0 Å². The second-order valence-corrected chi connectivity index (χ2v) is 5.99. The third-order valence-electron chi connectivity index (χ3n) is 2.39. The number of carbonyl (C=O) groups is 1. The predicted octanol–water partition coefficient (Wildman–Crippen LogP) is 3.83. The van der Waals surface area contributed by atoms with Gasteiger partial charge in [-0.25, -0.2) is 4.98 Å². The number of hydrogen-bond acceptors (Lipinski definition) is 4. The van der Waals surface area contributed by atoms with Crippen LogP contribution in [0.4, 0.5) is 5.13 Å². The number of benzene rings is 1. The normalized spacial score (nSPS) is 10.8. The summed E-state index contributed by atoms with van der Waals surface area (Å²) >= 11 is 3.16. The van der Waals surface area contributed by atoms with E-state index in [0.717, 1.165) is 10.4 Å². The van der Waals surface area contributed by atoms with Gasteiger partial charge in [0.2, 0.25) is 5.91 Å². The second-order valence-electron chi connectivity index (χ2n) is 3.87. The molecule has 5 heteroatoms. The van der Waals surface area contributed by atoms with Gasteiger partial charge < -0.3 is 0 Å². The smallest absolute Gasteiger partial charge is 0.250 e. The minimum absolute atomic E-state index is 0.164. The molecule has 2 aromatic rings. The first-order chi connectivity index (χ1) is 9.17. The van der Waals surface area contributed by atoms with Gasteiger partial charge in [0.1, 0.15) is 0 Å². The van der Waals surface area contributed by atoms with Crippen molar-refractivity contribution >= 4 is 40.2 Å². The first kappa shape index (κ1) is 13.8. The fourth-order valence-corrected chi connectivity index (χ4v) is 2.52. The lowest BCUT2D eigenvalue weighted by Gasteiger charge is -1.97. The average Bonchev–Trinajstić information content (AvgIpc) is 2.82. The van der Waals surface area contributed by atoms with Crippen LogP contribution in [0.2, 0.25) is 0 Å². The van der Waals surface area contributed by atoms with E-state index in [4.69, 9.17) is 0 Å². The van der Waals surface area contributed by atoms with Gasteiger partial charge in [-0.1, -0.05) is 12.1 Å². The van der Waals surface area contributed by atoms with E-state index < -0.39 is 0 Å². The third-order valence-corrected chi connectivity index (χ3v) is 3.97. The van der Waals surface area contributed by atoms with E-state index in [0.29, 0.717) is 5.13 Å². The Kier molecular flexibility index (Phi) is 4.76. The van der Waals surface area contributed by atoms with Crippen LogP contribution in [0.1, 0.15) is 10.4 Å². The number of amides is 1. The molecule has 0 spiro atoms. The molecule has 1 heterocycles. The van der Waals surface area contributed by atoms with E-state index in [1.54, 1.807) is 24.0 Å². The number of nitrogens with zero attached hydrogens (tertiary/aromatic N) is 1. The summed E-state index contributed by atoms with van der Waals surface area (Å²) in [7, 11) is 0. The minimum atomic E-state index is -0.164. The first-order valence-electron chi connectivity index (χ1n) is 5.73. The molecule has 0 saturated heterocycles. The van der Waals surface area contributed by atoms with Crippen LogP contribution in [0.25, 0.3) is 6.08 Å². The summed E-state index contributed by atoms with van der Waals surface area (Å²) in [5, 5.41) is 3.36. The number of carbonyl (C=O) groups excluding carboxylic acids is 1. The molecule has 0 fully saturated rings. The Bertz CT molecular complexity index is 588. The van der Waals surface area contributed by atoms with Crippen molar-refractivity contribution in [1.82, 2.24) is 4.98 Å². The van der Waals surface area contributed by atoms with E-state index >= 15 is 0 Å². The molecule has 2 rings (SSSR count). The van der Waals surface area contributed by atoms with Gasteiger partial charge in [0.25, 0.3) is 0 Å². The zero-order chi connectivity index (χ0) is 13.7. The molecule has 3 nitrogen and oxygen atoms in total. The maximum Gasteiger partial charge on any atom is 0.250 e. The Morgan fingerprint density at radius 3 is 2.68 bits per heavy atom. The molecule has 1 amide bonds. The molecule has 98 valence electrons. The van der Waals surface area contributed by atoms with Crippen LogP contribution in [-0.2, 0) is 4.79 Å². The lowest BCUT2D eigenvalue weighted by molar-refractivity contribution is -0.111. The minimum Gasteiger partial charge on any atom is -0.298 e. The molecule has 0 aliphatic carbocycles. The maximum absolute atomic E-state index is 11.7. The van der Waals surface area contributed by atoms with Crippen LogP contribution in [-0.4, -0.2) is 17.1 Å². The highest BCUT2D eigenvalue weighted by Gasteiger charge is 2.01. The van der Waals surface area contributed by atoms with Crippen LogP contribution in [0.15, 0.2) is 41.4 Å². The SMILES string of the molecule is CSc1ccc(/C=C/C(=O)Nc2ncc(C)s2)cc1. The van der Waals surface area contributed by atoms with Gasteiger partial charge in [-0.2, -0.15) is 0 Å². The van der Waals surface area contributed by atoms with E-state index in [1.807, 2.05) is 37.4 Å². The van der Waals surface area contributed by atoms with Crippen molar-refractivity contribution in [3.05, 3.63) is 47.0 Å². The van der Waals surface area contributed by atoms with Crippen LogP contribution in [0.3, 0.4) is 0 Å². The summed E-state index contributed by atoms with van der Waals surface area (Å²) in [6, 6.07) is 8.05. The zero-order valence-electron chi connectivity index (χ0n) is 10.7. The summed E-state index contributed by atoms with van der Waals surface area (Å²) in [4.78, 5) is 18.1. The van der Waals surface area contributed by atoms with Gasteiger partial charge in [-0.15, -0.1) is 23.1 Å². The van der Waals surface area contributed by atoms with Crippen molar-refractivity contribution in [3.63, 3.8) is 0 Å². The topological polar surface area (TPSA) is 42.0 Å². The number of thioether (sulfide) groups is 1. The molecule has 1 aromatic heterocycles. The van der Waals surface area contributed by atoms with Gasteiger partial charge in [0, 0.05) is 22.0 Å². The summed E-state index contributed by atoms with van der Waals surface area (Å²) in [5.74, 6) is -0.164. The van der Waals surface area contributed by atoms with Crippen LogP contribution < -0.4 is 5.32 Å². The van der Waals surface area contributed by atoms with Crippen molar-refractivity contribution in [2.45, 2.75) is 11.8 Å². The molecule has 0 saturated carbocycles. The van der Waals surface area contributed by atoms with Gasteiger partial charge in [-0.3, -0.25) is 10.1 Å². The fraction of sp³-hybridized carbons (Fsp3) is 0.143. The quantitative estimate of drug-likeness (QED) is 0.687. The second kappa shape index (κ2) is 6.54. The van der Waals surface area contributed by atoms with E-state index in [9.17, 15) is 4.79 Å². The molecular weight excluding hydrogens is 276 g/mol. The molecule has 1 N–H and O–H groups in total. The number of nitrogens with one attached hydrogen (secondary N) is 1. The Morgan fingerprint density at radius 2 is 2.11 bits per heavy atom. The van der Waals surface area contributed by atoms with Crippen LogP contribution >= 0.6 is 23.1 Å². The number of aromatic nitrogens is 1. The van der Waals surface area contributed by atoms with Crippen molar-refractivity contribution in [3.8, 4) is 0 Å². The number of rotatable bonds is 4. The number of aryl methyl sites for hydroxylation is 1. The summed E-state index contributed by atoms with van der Waals surface area (Å²) < 4.78 is 0. The first-order valence-corrected chi connectivity index (χ1v) is 7.77. The summed E-state index contributed by atoms with van der Waals surface area (Å²) in [5.41, 5.74) is 1.00. The number of hydrogen-bond donors (Lipinski definition) is 1. The van der Waals surface area contributed by atoms with Gasteiger partial charge in [0.15, 0.2) is 5.13 Å². The van der Waals surface area contributed by atoms with Gasteiger partial charge >= 0.3 is 0 Å². The highest BCUT2D eigenvalue weighted by Crippen LogP contribution is 2.17. The standard InChI is InChI=1S/C14H14N2OS2/c1-10-9-15-14(19-10)16-13(17)8-5-11-3-6-12(18-2)7-4-11/h3-9H,1-2H3,(H,15,16,17)/b8-5+. The monoisotopic (exact) mass is 290 g/mol. The summed E-state index contributed by atoms with van der Waals surface area (Å²) in [6.07, 6.45) is 7.09. The molecule has 0 radical (unpaired) electrons. The van der Waals surface area contributed by atoms with Crippen molar-refractivity contribution < 1.29 is 4.79 Å². The van der Waals surface area contributed by atoms with Crippen molar-refractivity contribution in [2.75, 3.05) is 11.6 Å². The Balaban J connectivity index is 1.95. The molecule has 0 aliphatic heterocycles. The summed E-state index contributed by atoms with van der Waals surface area (Å²) in [6.45, 7) is 1.95. The largest absolute Gasteiger partial charge is 0.298 e. The predicted molar refractivity (Wildman–Crippen MR) is 82.7 cm³/mol. The molecule has 0 unspecified atom stereocenters. The number of thiazole rings is 1. The number of anilines is 1. The lowest BCUT2D eigenvalue weighted by Crippen LogP contribution is -2.06. The lowest BCUT2D eigenvalue weighted by atomic mass is 10.2. The Morgan fingerprint density at radius 1 is 1.37 bits per heavy atom. The molecule has 0 atom stereocenters. The van der Waals surface area contributed by atoms with Gasteiger partial charge in [-0.05, 0) is 37.0 Å². The molecular formula is C14H14N2OS2. The highest BCUT2D eigenvalue weighted by molar-refractivity contribution is 7.98. The average molecular weight is 290 g/mol. The Labute approximate surface area is 120 Å². The Hall–Kier alpha value is -1.59. The third kappa shape index (κ3) is 4.22. The van der Waals surface area contributed by atoms with Crippen LogP contribution in [0, 0.1) is 6.92 Å². The maximum atomic E-state index is 11.7. The van der Waals surface area contributed by atoms with E-state index in [2.05, 4.69) is 10.3 Å². The molecule has 19 heavy (non-hydrogen) atoms. The highest BCUT2D eigenvalue weighted by atomic mass is 32.2. The van der Waals surface area contributed by atoms with E-state index in [-0.39, 0.29) is 5.91 Å². The van der Waals surface area contributed by atoms with Crippen molar-refractivity contribution in [2.24, 2.45) is 0 Å². The molecule has 0 aliphatic rings. The zero-order valence-corrected chi connectivity index (χ0v) is 12.3. The molecule has 1 aromatic carbocycles. The fourth-order valence-electron chi connectivity index (χ4n) is 1.45. The van der Waals surface area contributed by atoms with Crippen molar-refractivity contribution in [1.29, 1.82) is 0 Å². The molecule has 0 bridgehead atoms. The van der Waals surface area contributed by atoms with Crippen LogP contribution in [0.5, 0.6) is 0 Å².